The van der Waals surface area contributed by atoms with Gasteiger partial charge < -0.3 is 10.2 Å². The van der Waals surface area contributed by atoms with Crippen LogP contribution < -0.4 is 5.32 Å². The van der Waals surface area contributed by atoms with Crippen LogP contribution in [0.2, 0.25) is 0 Å². The van der Waals surface area contributed by atoms with E-state index in [1.54, 1.807) is 12.1 Å². The van der Waals surface area contributed by atoms with Crippen LogP contribution in [0.1, 0.15) is 48.2 Å². The molecule has 5 heteroatoms. The summed E-state index contributed by atoms with van der Waals surface area (Å²) in [5, 5.41) is 3.70. The van der Waals surface area contributed by atoms with Gasteiger partial charge in [0, 0.05) is 23.7 Å². The quantitative estimate of drug-likeness (QED) is 0.914. The molecule has 1 aromatic heterocycles. The van der Waals surface area contributed by atoms with Gasteiger partial charge in [0.25, 0.3) is 5.91 Å². The fourth-order valence-corrected chi connectivity index (χ4v) is 4.65. The zero-order valence-corrected chi connectivity index (χ0v) is 15.3. The first-order valence-electron chi connectivity index (χ1n) is 9.71. The molecule has 2 aromatic rings. The number of carbonyl (C=O) groups excluding carboxylic acids is 1. The third-order valence-electron chi connectivity index (χ3n) is 5.90. The number of rotatable bonds is 3. The van der Waals surface area contributed by atoms with Crippen LogP contribution in [0.3, 0.4) is 0 Å². The predicted molar refractivity (Wildman–Crippen MR) is 101 cm³/mol. The number of carbonyl (C=O) groups is 1. The molecule has 0 spiro atoms. The summed E-state index contributed by atoms with van der Waals surface area (Å²) in [6.07, 6.45) is 6.21. The Morgan fingerprint density at radius 1 is 1.23 bits per heavy atom. The molecule has 0 saturated carbocycles. The number of nitrogens with one attached hydrogen (secondary N) is 1. The van der Waals surface area contributed by atoms with Crippen LogP contribution in [0.4, 0.5) is 4.39 Å². The van der Waals surface area contributed by atoms with E-state index in [1.807, 2.05) is 6.92 Å². The zero-order chi connectivity index (χ0) is 18.1. The lowest BCUT2D eigenvalue weighted by atomic mass is 9.83. The molecule has 2 aliphatic heterocycles. The highest BCUT2D eigenvalue weighted by molar-refractivity contribution is 6.06. The molecule has 26 heavy (non-hydrogen) atoms. The van der Waals surface area contributed by atoms with Crippen molar-refractivity contribution in [3.05, 3.63) is 41.3 Å². The highest BCUT2D eigenvalue weighted by Gasteiger charge is 2.33. The van der Waals surface area contributed by atoms with Gasteiger partial charge in [-0.3, -0.25) is 9.78 Å². The van der Waals surface area contributed by atoms with Crippen LogP contribution in [-0.4, -0.2) is 41.5 Å². The minimum absolute atomic E-state index is 0.126. The second-order valence-corrected chi connectivity index (χ2v) is 7.68. The Balaban J connectivity index is 1.51. The van der Waals surface area contributed by atoms with E-state index < -0.39 is 0 Å². The van der Waals surface area contributed by atoms with Gasteiger partial charge >= 0.3 is 0 Å². The average molecular weight is 355 g/mol. The van der Waals surface area contributed by atoms with Crippen molar-refractivity contribution in [3.8, 4) is 0 Å². The first-order valence-corrected chi connectivity index (χ1v) is 9.71. The van der Waals surface area contributed by atoms with Gasteiger partial charge in [0.05, 0.1) is 11.1 Å². The topological polar surface area (TPSA) is 45.2 Å². The number of nitrogens with zero attached hydrogens (tertiary/aromatic N) is 2. The second-order valence-electron chi connectivity index (χ2n) is 7.68. The van der Waals surface area contributed by atoms with Crippen LogP contribution in [0.5, 0.6) is 0 Å². The molecular weight excluding hydrogens is 329 g/mol. The van der Waals surface area contributed by atoms with Crippen LogP contribution in [0, 0.1) is 18.7 Å². The van der Waals surface area contributed by atoms with Crippen molar-refractivity contribution in [2.45, 2.75) is 45.1 Å². The van der Waals surface area contributed by atoms with Crippen molar-refractivity contribution in [2.75, 3.05) is 19.6 Å². The standard InChI is InChI=1S/C21H26FN3O/c1-14-11-18(17-12-16(22)7-8-19(17)24-14)21(26)23-13-15-5-4-10-25-9-3-2-6-20(15)25/h7-8,11-12,15,20H,2-6,9-10,13H2,1H3,(H,23,26). The maximum Gasteiger partial charge on any atom is 0.252 e. The van der Waals surface area contributed by atoms with Crippen LogP contribution in [-0.2, 0) is 0 Å². The van der Waals surface area contributed by atoms with E-state index in [2.05, 4.69) is 15.2 Å². The van der Waals surface area contributed by atoms with Crippen LogP contribution >= 0.6 is 0 Å². The number of fused-ring (bicyclic) bond motifs is 2. The number of benzene rings is 1. The van der Waals surface area contributed by atoms with E-state index in [9.17, 15) is 9.18 Å². The molecule has 0 radical (unpaired) electrons. The minimum atomic E-state index is -0.345. The number of pyridine rings is 1. The molecule has 4 nitrogen and oxygen atoms in total. The summed E-state index contributed by atoms with van der Waals surface area (Å²) in [4.78, 5) is 19.9. The van der Waals surface area contributed by atoms with Gasteiger partial charge in [-0.25, -0.2) is 4.39 Å². The summed E-state index contributed by atoms with van der Waals surface area (Å²) < 4.78 is 13.7. The smallest absolute Gasteiger partial charge is 0.252 e. The van der Waals surface area contributed by atoms with Gasteiger partial charge in [-0.15, -0.1) is 0 Å². The summed E-state index contributed by atoms with van der Waals surface area (Å²) in [6, 6.07) is 6.78. The Bertz CT molecular complexity index is 820. The summed E-state index contributed by atoms with van der Waals surface area (Å²) >= 11 is 0. The maximum atomic E-state index is 13.7. The number of halogens is 1. The van der Waals surface area contributed by atoms with Crippen molar-refractivity contribution < 1.29 is 9.18 Å². The molecule has 2 atom stereocenters. The molecule has 4 rings (SSSR count). The molecule has 3 heterocycles. The first kappa shape index (κ1) is 17.4. The highest BCUT2D eigenvalue weighted by Crippen LogP contribution is 2.30. The van der Waals surface area contributed by atoms with E-state index in [4.69, 9.17) is 0 Å². The fraction of sp³-hybridized carbons (Fsp3) is 0.524. The lowest BCUT2D eigenvalue weighted by Crippen LogP contribution is -2.51. The third kappa shape index (κ3) is 3.45. The minimum Gasteiger partial charge on any atom is -0.352 e. The molecule has 2 saturated heterocycles. The molecule has 0 aliphatic carbocycles. The molecule has 2 unspecified atom stereocenters. The van der Waals surface area contributed by atoms with Gasteiger partial charge in [-0.2, -0.15) is 0 Å². The average Bonchev–Trinajstić information content (AvgIpc) is 2.65. The first-order chi connectivity index (χ1) is 12.6. The molecule has 2 fully saturated rings. The Labute approximate surface area is 153 Å². The molecule has 1 N–H and O–H groups in total. The van der Waals surface area contributed by atoms with Crippen molar-refractivity contribution in [2.24, 2.45) is 5.92 Å². The van der Waals surface area contributed by atoms with Gasteiger partial charge in [0.15, 0.2) is 0 Å². The summed E-state index contributed by atoms with van der Waals surface area (Å²) in [6.45, 7) is 4.95. The molecule has 0 bridgehead atoms. The number of aryl methyl sites for hydroxylation is 1. The summed E-state index contributed by atoms with van der Waals surface area (Å²) in [5.41, 5.74) is 1.95. The van der Waals surface area contributed by atoms with E-state index in [0.29, 0.717) is 35.0 Å². The number of piperidine rings is 2. The molecule has 2 aliphatic rings. The highest BCUT2D eigenvalue weighted by atomic mass is 19.1. The molecular formula is C21H26FN3O. The second kappa shape index (κ2) is 7.31. The van der Waals surface area contributed by atoms with Gasteiger partial charge in [0.1, 0.15) is 5.82 Å². The normalized spacial score (nSPS) is 23.6. The largest absolute Gasteiger partial charge is 0.352 e. The number of aromatic nitrogens is 1. The van der Waals surface area contributed by atoms with E-state index >= 15 is 0 Å². The fourth-order valence-electron chi connectivity index (χ4n) is 4.65. The van der Waals surface area contributed by atoms with Gasteiger partial charge in [0.2, 0.25) is 0 Å². The third-order valence-corrected chi connectivity index (χ3v) is 5.90. The number of hydrogen-bond acceptors (Lipinski definition) is 3. The Kier molecular flexibility index (Phi) is 4.90. The Morgan fingerprint density at radius 2 is 2.08 bits per heavy atom. The summed E-state index contributed by atoms with van der Waals surface area (Å²) in [5.74, 6) is 0.0419. The predicted octanol–water partition coefficient (Wildman–Crippen LogP) is 3.68. The Hall–Kier alpha value is -2.01. The molecule has 1 amide bonds. The van der Waals surface area contributed by atoms with Crippen molar-refractivity contribution in [1.29, 1.82) is 0 Å². The Morgan fingerprint density at radius 3 is 2.96 bits per heavy atom. The van der Waals surface area contributed by atoms with Crippen molar-refractivity contribution >= 4 is 16.8 Å². The molecule has 138 valence electrons. The van der Waals surface area contributed by atoms with Crippen molar-refractivity contribution in [1.82, 2.24) is 15.2 Å². The zero-order valence-electron chi connectivity index (χ0n) is 15.3. The number of amides is 1. The van der Waals surface area contributed by atoms with Crippen molar-refractivity contribution in [3.63, 3.8) is 0 Å². The van der Waals surface area contributed by atoms with Gasteiger partial charge in [-0.1, -0.05) is 6.42 Å². The SMILES string of the molecule is Cc1cc(C(=O)NCC2CCCN3CCCCC23)c2cc(F)ccc2n1. The lowest BCUT2D eigenvalue weighted by Gasteiger charge is -2.44. The maximum absolute atomic E-state index is 13.7. The van der Waals surface area contributed by atoms with E-state index in [1.165, 1.54) is 57.3 Å². The van der Waals surface area contributed by atoms with Gasteiger partial charge in [-0.05, 0) is 75.9 Å². The molecule has 1 aromatic carbocycles. The van der Waals surface area contributed by atoms with Crippen LogP contribution in [0.25, 0.3) is 10.9 Å². The monoisotopic (exact) mass is 355 g/mol. The summed E-state index contributed by atoms with van der Waals surface area (Å²) in [7, 11) is 0. The number of hydrogen-bond donors (Lipinski definition) is 1. The van der Waals surface area contributed by atoms with Crippen LogP contribution in [0.15, 0.2) is 24.3 Å². The van der Waals surface area contributed by atoms with E-state index in [0.717, 1.165) is 5.69 Å². The lowest BCUT2D eigenvalue weighted by molar-refractivity contribution is 0.0576. The van der Waals surface area contributed by atoms with E-state index in [-0.39, 0.29) is 11.7 Å².